The molecule has 2 rings (SSSR count). The summed E-state index contributed by atoms with van der Waals surface area (Å²) in [6, 6.07) is 5.12. The Bertz CT molecular complexity index is 507. The van der Waals surface area contributed by atoms with Gasteiger partial charge in [-0.1, -0.05) is 27.2 Å². The maximum atomic E-state index is 11.0. The average molecular weight is 290 g/mol. The number of hydrogen-bond acceptors (Lipinski definition) is 2. The molecule has 0 radical (unpaired) electrons. The van der Waals surface area contributed by atoms with E-state index in [9.17, 15) is 4.79 Å². The molecule has 0 bridgehead atoms. The van der Waals surface area contributed by atoms with E-state index in [0.29, 0.717) is 23.3 Å². The molecule has 3 atom stereocenters. The first-order valence-electron chi connectivity index (χ1n) is 7.89. The molecule has 1 aromatic rings. The van der Waals surface area contributed by atoms with Crippen molar-refractivity contribution in [2.24, 2.45) is 17.8 Å². The van der Waals surface area contributed by atoms with Gasteiger partial charge in [0.2, 0.25) is 0 Å². The highest BCUT2D eigenvalue weighted by atomic mass is 16.5. The van der Waals surface area contributed by atoms with Crippen LogP contribution in [0.3, 0.4) is 0 Å². The molecule has 1 aliphatic carbocycles. The summed E-state index contributed by atoms with van der Waals surface area (Å²) in [5.41, 5.74) is 1.22. The van der Waals surface area contributed by atoms with Crippen molar-refractivity contribution in [3.8, 4) is 5.75 Å². The third kappa shape index (κ3) is 3.78. The van der Waals surface area contributed by atoms with Crippen LogP contribution in [0.2, 0.25) is 0 Å². The molecule has 3 unspecified atom stereocenters. The SMILES string of the molecule is Cc1cc(C(=O)O)ccc1OC1CC(C)CCC1C(C)C. The van der Waals surface area contributed by atoms with Crippen LogP contribution in [0.15, 0.2) is 18.2 Å². The van der Waals surface area contributed by atoms with Gasteiger partial charge in [-0.3, -0.25) is 0 Å². The maximum absolute atomic E-state index is 11.0. The van der Waals surface area contributed by atoms with Gasteiger partial charge in [0, 0.05) is 0 Å². The third-order valence-electron chi connectivity index (χ3n) is 4.66. The van der Waals surface area contributed by atoms with Gasteiger partial charge in [-0.25, -0.2) is 4.79 Å². The smallest absolute Gasteiger partial charge is 0.335 e. The van der Waals surface area contributed by atoms with E-state index in [2.05, 4.69) is 20.8 Å². The van der Waals surface area contributed by atoms with Crippen molar-refractivity contribution in [2.75, 3.05) is 0 Å². The average Bonchev–Trinajstić information content (AvgIpc) is 2.40. The maximum Gasteiger partial charge on any atom is 0.335 e. The topological polar surface area (TPSA) is 46.5 Å². The highest BCUT2D eigenvalue weighted by Crippen LogP contribution is 2.36. The Kier molecular flexibility index (Phi) is 4.92. The molecular weight excluding hydrogens is 264 g/mol. The highest BCUT2D eigenvalue weighted by Gasteiger charge is 2.32. The van der Waals surface area contributed by atoms with Crippen LogP contribution in [-0.2, 0) is 0 Å². The van der Waals surface area contributed by atoms with E-state index < -0.39 is 5.97 Å². The lowest BCUT2D eigenvalue weighted by Crippen LogP contribution is -2.36. The van der Waals surface area contributed by atoms with Crippen molar-refractivity contribution >= 4 is 5.97 Å². The number of ether oxygens (including phenoxy) is 1. The lowest BCUT2D eigenvalue weighted by Gasteiger charge is -2.37. The Hall–Kier alpha value is -1.51. The second-order valence-electron chi connectivity index (χ2n) is 6.77. The first-order chi connectivity index (χ1) is 9.88. The molecule has 0 spiro atoms. The minimum atomic E-state index is -0.893. The molecule has 1 N–H and O–H groups in total. The summed E-state index contributed by atoms with van der Waals surface area (Å²) in [6.07, 6.45) is 3.82. The Morgan fingerprint density at radius 2 is 2.05 bits per heavy atom. The minimum absolute atomic E-state index is 0.239. The third-order valence-corrected chi connectivity index (χ3v) is 4.66. The fourth-order valence-electron chi connectivity index (χ4n) is 3.33. The molecule has 0 amide bonds. The Labute approximate surface area is 127 Å². The van der Waals surface area contributed by atoms with Crippen molar-refractivity contribution in [2.45, 2.75) is 53.1 Å². The van der Waals surface area contributed by atoms with E-state index in [1.807, 2.05) is 6.92 Å². The molecule has 116 valence electrons. The fourth-order valence-corrected chi connectivity index (χ4v) is 3.33. The number of rotatable bonds is 4. The van der Waals surface area contributed by atoms with Gasteiger partial charge in [0.25, 0.3) is 0 Å². The Morgan fingerprint density at radius 3 is 2.62 bits per heavy atom. The highest BCUT2D eigenvalue weighted by molar-refractivity contribution is 5.88. The first-order valence-corrected chi connectivity index (χ1v) is 7.89. The number of aryl methyl sites for hydroxylation is 1. The standard InChI is InChI=1S/C18H26O3/c1-11(2)15-7-5-12(3)9-17(15)21-16-8-6-14(18(19)20)10-13(16)4/h6,8,10-12,15,17H,5,7,9H2,1-4H3,(H,19,20). The lowest BCUT2D eigenvalue weighted by atomic mass is 9.75. The van der Waals surface area contributed by atoms with Gasteiger partial charge >= 0.3 is 5.97 Å². The summed E-state index contributed by atoms with van der Waals surface area (Å²) >= 11 is 0. The number of carbonyl (C=O) groups is 1. The number of carboxylic acids is 1. The zero-order chi connectivity index (χ0) is 15.6. The predicted octanol–water partition coefficient (Wildman–Crippen LogP) is 4.53. The molecular formula is C18H26O3. The van der Waals surface area contributed by atoms with Gasteiger partial charge in [0.05, 0.1) is 5.56 Å². The normalized spacial score (nSPS) is 25.9. The van der Waals surface area contributed by atoms with E-state index in [-0.39, 0.29) is 6.10 Å². The van der Waals surface area contributed by atoms with Crippen LogP contribution in [-0.4, -0.2) is 17.2 Å². The minimum Gasteiger partial charge on any atom is -0.490 e. The van der Waals surface area contributed by atoms with E-state index in [0.717, 1.165) is 17.7 Å². The summed E-state index contributed by atoms with van der Waals surface area (Å²) in [4.78, 5) is 11.0. The number of carboxylic acid groups (broad SMARTS) is 1. The van der Waals surface area contributed by atoms with E-state index in [4.69, 9.17) is 9.84 Å². The monoisotopic (exact) mass is 290 g/mol. The number of hydrogen-bond donors (Lipinski definition) is 1. The fraction of sp³-hybridized carbons (Fsp3) is 0.611. The van der Waals surface area contributed by atoms with Crippen LogP contribution in [0.5, 0.6) is 5.75 Å². The summed E-state index contributed by atoms with van der Waals surface area (Å²) in [6.45, 7) is 8.72. The lowest BCUT2D eigenvalue weighted by molar-refractivity contribution is 0.0455. The van der Waals surface area contributed by atoms with Gasteiger partial charge in [0.1, 0.15) is 11.9 Å². The molecule has 21 heavy (non-hydrogen) atoms. The number of aromatic carboxylic acids is 1. The summed E-state index contributed by atoms with van der Waals surface area (Å²) in [5.74, 6) is 1.82. The zero-order valence-corrected chi connectivity index (χ0v) is 13.4. The van der Waals surface area contributed by atoms with Crippen LogP contribution in [0.1, 0.15) is 56.0 Å². The van der Waals surface area contributed by atoms with E-state index in [1.165, 1.54) is 12.8 Å². The second kappa shape index (κ2) is 6.50. The quantitative estimate of drug-likeness (QED) is 0.886. The molecule has 0 aliphatic heterocycles. The van der Waals surface area contributed by atoms with Crippen molar-refractivity contribution in [1.29, 1.82) is 0 Å². The van der Waals surface area contributed by atoms with Crippen molar-refractivity contribution in [3.63, 3.8) is 0 Å². The molecule has 1 fully saturated rings. The van der Waals surface area contributed by atoms with Crippen LogP contribution < -0.4 is 4.74 Å². The van der Waals surface area contributed by atoms with Gasteiger partial charge in [0.15, 0.2) is 0 Å². The largest absolute Gasteiger partial charge is 0.490 e. The van der Waals surface area contributed by atoms with Gasteiger partial charge in [-0.2, -0.15) is 0 Å². The molecule has 1 aliphatic rings. The molecule has 0 aromatic heterocycles. The summed E-state index contributed by atoms with van der Waals surface area (Å²) in [5, 5.41) is 9.03. The Balaban J connectivity index is 2.16. The molecule has 0 heterocycles. The summed E-state index contributed by atoms with van der Waals surface area (Å²) in [7, 11) is 0. The molecule has 1 saturated carbocycles. The molecule has 3 nitrogen and oxygen atoms in total. The Morgan fingerprint density at radius 1 is 1.33 bits per heavy atom. The van der Waals surface area contributed by atoms with Crippen LogP contribution in [0.4, 0.5) is 0 Å². The number of benzene rings is 1. The van der Waals surface area contributed by atoms with Gasteiger partial charge in [-0.05, 0) is 61.3 Å². The van der Waals surface area contributed by atoms with Crippen molar-refractivity contribution in [1.82, 2.24) is 0 Å². The second-order valence-corrected chi connectivity index (χ2v) is 6.77. The molecule has 1 aromatic carbocycles. The van der Waals surface area contributed by atoms with Gasteiger partial charge in [-0.15, -0.1) is 0 Å². The van der Waals surface area contributed by atoms with Crippen LogP contribution in [0.25, 0.3) is 0 Å². The van der Waals surface area contributed by atoms with E-state index in [1.54, 1.807) is 18.2 Å². The van der Waals surface area contributed by atoms with Crippen LogP contribution >= 0.6 is 0 Å². The van der Waals surface area contributed by atoms with Crippen LogP contribution in [0, 0.1) is 24.7 Å². The molecule has 3 heteroatoms. The van der Waals surface area contributed by atoms with Crippen molar-refractivity contribution < 1.29 is 14.6 Å². The van der Waals surface area contributed by atoms with Gasteiger partial charge < -0.3 is 9.84 Å². The van der Waals surface area contributed by atoms with E-state index >= 15 is 0 Å². The predicted molar refractivity (Wildman–Crippen MR) is 83.9 cm³/mol. The van der Waals surface area contributed by atoms with Crippen molar-refractivity contribution in [3.05, 3.63) is 29.3 Å². The first kappa shape index (κ1) is 15.9. The zero-order valence-electron chi connectivity index (χ0n) is 13.4. The summed E-state index contributed by atoms with van der Waals surface area (Å²) < 4.78 is 6.27. The molecule has 0 saturated heterocycles.